The summed E-state index contributed by atoms with van der Waals surface area (Å²) in [6.45, 7) is 1.74. The molecule has 96 valence electrons. The minimum atomic E-state index is -0.0445. The molecule has 0 N–H and O–H groups in total. The molecule has 0 bridgehead atoms. The molecule has 0 unspecified atom stereocenters. The lowest BCUT2D eigenvalue weighted by Crippen LogP contribution is -2.24. The van der Waals surface area contributed by atoms with Crippen molar-refractivity contribution in [3.63, 3.8) is 0 Å². The number of amides is 1. The van der Waals surface area contributed by atoms with Gasteiger partial charge < -0.3 is 4.74 Å². The Hall–Kier alpha value is -2.36. The Kier molecular flexibility index (Phi) is 2.71. The zero-order valence-electron chi connectivity index (χ0n) is 10.9. The van der Waals surface area contributed by atoms with Crippen molar-refractivity contribution in [2.24, 2.45) is 4.99 Å². The summed E-state index contributed by atoms with van der Waals surface area (Å²) in [5.41, 5.74) is 2.73. The Balaban J connectivity index is 1.90. The number of hydrogen-bond acceptors (Lipinski definition) is 3. The van der Waals surface area contributed by atoms with Crippen molar-refractivity contribution in [2.75, 3.05) is 7.11 Å². The van der Waals surface area contributed by atoms with Gasteiger partial charge in [0.05, 0.1) is 7.11 Å². The van der Waals surface area contributed by atoms with Crippen molar-refractivity contribution in [2.45, 2.75) is 13.3 Å². The summed E-state index contributed by atoms with van der Waals surface area (Å²) in [4.78, 5) is 17.8. The third-order valence-corrected chi connectivity index (χ3v) is 3.31. The summed E-state index contributed by atoms with van der Waals surface area (Å²) in [6.07, 6.45) is 4.63. The second kappa shape index (κ2) is 4.39. The Bertz CT molecular complexity index is 624. The molecule has 4 nitrogen and oxygen atoms in total. The van der Waals surface area contributed by atoms with Crippen LogP contribution in [0, 0.1) is 0 Å². The van der Waals surface area contributed by atoms with E-state index in [4.69, 9.17) is 4.74 Å². The largest absolute Gasteiger partial charge is 0.497 e. The van der Waals surface area contributed by atoms with Crippen molar-refractivity contribution in [3.8, 4) is 5.75 Å². The van der Waals surface area contributed by atoms with Crippen LogP contribution in [0.25, 0.3) is 5.57 Å². The van der Waals surface area contributed by atoms with Crippen LogP contribution in [0.1, 0.15) is 18.9 Å². The van der Waals surface area contributed by atoms with Gasteiger partial charge in [-0.1, -0.05) is 12.1 Å². The van der Waals surface area contributed by atoms with Gasteiger partial charge >= 0.3 is 0 Å². The number of rotatable bonds is 2. The molecule has 2 heterocycles. The fraction of sp³-hybridized carbons (Fsp3) is 0.200. The maximum Gasteiger partial charge on any atom is 0.277 e. The summed E-state index contributed by atoms with van der Waals surface area (Å²) >= 11 is 0. The minimum absolute atomic E-state index is 0.0445. The summed E-state index contributed by atoms with van der Waals surface area (Å²) in [6, 6.07) is 7.83. The molecule has 1 aromatic rings. The van der Waals surface area contributed by atoms with Crippen molar-refractivity contribution in [1.82, 2.24) is 4.90 Å². The zero-order chi connectivity index (χ0) is 13.4. The van der Waals surface area contributed by atoms with Crippen molar-refractivity contribution in [3.05, 3.63) is 47.9 Å². The highest BCUT2D eigenvalue weighted by Crippen LogP contribution is 2.30. The van der Waals surface area contributed by atoms with Gasteiger partial charge in [0.15, 0.2) is 0 Å². The number of nitrogens with zero attached hydrogens (tertiary/aromatic N) is 2. The van der Waals surface area contributed by atoms with Crippen LogP contribution in [-0.4, -0.2) is 23.6 Å². The summed E-state index contributed by atoms with van der Waals surface area (Å²) in [5.74, 6) is 1.52. The van der Waals surface area contributed by atoms with Crippen LogP contribution in [0.5, 0.6) is 5.75 Å². The highest BCUT2D eigenvalue weighted by Gasteiger charge is 2.28. The third-order valence-electron chi connectivity index (χ3n) is 3.31. The molecule has 3 rings (SSSR count). The van der Waals surface area contributed by atoms with E-state index in [9.17, 15) is 4.79 Å². The zero-order valence-corrected chi connectivity index (χ0v) is 10.9. The molecule has 0 spiro atoms. The first-order valence-corrected chi connectivity index (χ1v) is 6.13. The smallest absolute Gasteiger partial charge is 0.277 e. The molecule has 0 saturated heterocycles. The van der Waals surface area contributed by atoms with E-state index >= 15 is 0 Å². The molecule has 1 amide bonds. The lowest BCUT2D eigenvalue weighted by Gasteiger charge is -2.19. The molecule has 0 aromatic heterocycles. The van der Waals surface area contributed by atoms with E-state index in [-0.39, 0.29) is 5.91 Å². The van der Waals surface area contributed by atoms with Crippen molar-refractivity contribution in [1.29, 1.82) is 0 Å². The normalized spacial score (nSPS) is 17.7. The van der Waals surface area contributed by atoms with Gasteiger partial charge in [-0.05, 0) is 42.7 Å². The van der Waals surface area contributed by atoms with Crippen LogP contribution < -0.4 is 4.74 Å². The number of methoxy groups -OCH3 is 1. The first kappa shape index (κ1) is 11.7. The number of ether oxygens (including phenoxy) is 1. The topological polar surface area (TPSA) is 41.9 Å². The van der Waals surface area contributed by atoms with Crippen LogP contribution >= 0.6 is 0 Å². The number of carbonyl (C=O) groups is 1. The maximum atomic E-state index is 11.9. The lowest BCUT2D eigenvalue weighted by atomic mass is 10.0. The van der Waals surface area contributed by atoms with E-state index in [1.807, 2.05) is 36.5 Å². The van der Waals surface area contributed by atoms with Gasteiger partial charge in [0.1, 0.15) is 17.3 Å². The number of carbonyl (C=O) groups excluding carboxylic acids is 1. The second-order valence-electron chi connectivity index (χ2n) is 4.52. The van der Waals surface area contributed by atoms with Gasteiger partial charge in [0.25, 0.3) is 5.91 Å². The molecule has 0 aliphatic carbocycles. The average molecular weight is 254 g/mol. The molecule has 2 aliphatic rings. The van der Waals surface area contributed by atoms with Crippen LogP contribution in [0.15, 0.2) is 47.4 Å². The Morgan fingerprint density at radius 1 is 1.26 bits per heavy atom. The van der Waals surface area contributed by atoms with E-state index in [2.05, 4.69) is 4.99 Å². The number of hydrogen-bond donors (Lipinski definition) is 0. The molecule has 4 heteroatoms. The molecular weight excluding hydrogens is 240 g/mol. The molecule has 0 fully saturated rings. The van der Waals surface area contributed by atoms with Crippen LogP contribution in [0.2, 0.25) is 0 Å². The van der Waals surface area contributed by atoms with E-state index in [0.29, 0.717) is 5.71 Å². The number of allylic oxidation sites excluding steroid dienone is 2. The lowest BCUT2D eigenvalue weighted by molar-refractivity contribution is -0.119. The predicted octanol–water partition coefficient (Wildman–Crippen LogP) is 2.58. The molecular formula is C15H14N2O2. The first-order chi connectivity index (χ1) is 9.19. The van der Waals surface area contributed by atoms with E-state index in [0.717, 1.165) is 29.1 Å². The Labute approximate surface area is 111 Å². The van der Waals surface area contributed by atoms with Crippen LogP contribution in [0.3, 0.4) is 0 Å². The third kappa shape index (κ3) is 1.95. The Morgan fingerprint density at radius 2 is 2.00 bits per heavy atom. The van der Waals surface area contributed by atoms with Crippen LogP contribution in [-0.2, 0) is 4.79 Å². The summed E-state index contributed by atoms with van der Waals surface area (Å²) < 4.78 is 5.14. The molecule has 1 aromatic carbocycles. The molecule has 0 radical (unpaired) electrons. The van der Waals surface area contributed by atoms with Gasteiger partial charge in [-0.2, -0.15) is 0 Å². The maximum absolute atomic E-state index is 11.9. The van der Waals surface area contributed by atoms with Crippen molar-refractivity contribution < 1.29 is 9.53 Å². The molecule has 0 atom stereocenters. The fourth-order valence-electron chi connectivity index (χ4n) is 2.23. The summed E-state index contributed by atoms with van der Waals surface area (Å²) in [7, 11) is 1.65. The van der Waals surface area contributed by atoms with Gasteiger partial charge in [-0.25, -0.2) is 4.99 Å². The van der Waals surface area contributed by atoms with Gasteiger partial charge in [-0.15, -0.1) is 0 Å². The number of fused-ring (bicyclic) bond motifs is 1. The van der Waals surface area contributed by atoms with Crippen LogP contribution in [0.4, 0.5) is 0 Å². The second-order valence-corrected chi connectivity index (χ2v) is 4.52. The van der Waals surface area contributed by atoms with Gasteiger partial charge in [0, 0.05) is 6.20 Å². The Morgan fingerprint density at radius 3 is 2.68 bits per heavy atom. The standard InChI is InChI=1S/C15H14N2O2/c1-10-15(18)17-9-12(5-8-14(17)16-10)11-3-6-13(19-2)7-4-11/h3-4,6-9H,5H2,1-2H3. The molecule has 0 saturated carbocycles. The van der Waals surface area contributed by atoms with Gasteiger partial charge in [-0.3, -0.25) is 9.69 Å². The fourth-order valence-corrected chi connectivity index (χ4v) is 2.23. The van der Waals surface area contributed by atoms with E-state index < -0.39 is 0 Å². The monoisotopic (exact) mass is 254 g/mol. The molecule has 2 aliphatic heterocycles. The SMILES string of the molecule is COc1ccc(C2=CN3C(=O)C(C)=NC3=CC2)cc1. The summed E-state index contributed by atoms with van der Waals surface area (Å²) in [5, 5.41) is 0. The first-order valence-electron chi connectivity index (χ1n) is 6.13. The molecule has 19 heavy (non-hydrogen) atoms. The quantitative estimate of drug-likeness (QED) is 0.814. The van der Waals surface area contributed by atoms with E-state index in [1.165, 1.54) is 0 Å². The number of benzene rings is 1. The van der Waals surface area contributed by atoms with E-state index in [1.54, 1.807) is 18.9 Å². The minimum Gasteiger partial charge on any atom is -0.497 e. The highest BCUT2D eigenvalue weighted by atomic mass is 16.5. The number of aliphatic imine (C=N–C) groups is 1. The predicted molar refractivity (Wildman–Crippen MR) is 73.6 cm³/mol. The van der Waals surface area contributed by atoms with Gasteiger partial charge in [0.2, 0.25) is 0 Å². The van der Waals surface area contributed by atoms with Crippen molar-refractivity contribution >= 4 is 17.2 Å². The highest BCUT2D eigenvalue weighted by molar-refractivity contribution is 6.40. The average Bonchev–Trinajstić information content (AvgIpc) is 2.74.